The Morgan fingerprint density at radius 1 is 1.30 bits per heavy atom. The second-order valence-corrected chi connectivity index (χ2v) is 5.13. The van der Waals surface area contributed by atoms with E-state index in [0.717, 1.165) is 0 Å². The average molecular weight is 284 g/mol. The highest BCUT2D eigenvalue weighted by Gasteiger charge is 2.63. The van der Waals surface area contributed by atoms with Gasteiger partial charge in [-0.1, -0.05) is 0 Å². The topological polar surface area (TPSA) is 99.1 Å². The van der Waals surface area contributed by atoms with Crippen LogP contribution >= 0.6 is 0 Å². The molecule has 0 atom stereocenters. The lowest BCUT2D eigenvalue weighted by molar-refractivity contribution is -0.248. The Kier molecular flexibility index (Phi) is 3.23. The first kappa shape index (κ1) is 14.4. The minimum absolute atomic E-state index is 0.0127. The lowest BCUT2D eigenvalue weighted by Gasteiger charge is -2.38. The van der Waals surface area contributed by atoms with Crippen molar-refractivity contribution in [2.75, 3.05) is 6.61 Å². The van der Waals surface area contributed by atoms with E-state index >= 15 is 0 Å². The highest BCUT2D eigenvalue weighted by Crippen LogP contribution is 2.48. The second-order valence-electron chi connectivity index (χ2n) is 5.13. The van der Waals surface area contributed by atoms with Crippen molar-refractivity contribution in [1.82, 2.24) is 0 Å². The van der Waals surface area contributed by atoms with Gasteiger partial charge >= 0.3 is 17.9 Å². The van der Waals surface area contributed by atoms with E-state index in [1.807, 2.05) is 0 Å². The summed E-state index contributed by atoms with van der Waals surface area (Å²) in [5.74, 6) is -4.43. The Hall–Kier alpha value is -2.05. The first-order valence-corrected chi connectivity index (χ1v) is 6.31. The molecule has 0 amide bonds. The van der Waals surface area contributed by atoms with Crippen LogP contribution in [0, 0.1) is 5.41 Å². The summed E-state index contributed by atoms with van der Waals surface area (Å²) in [5, 5.41) is 9.83. The third-order valence-electron chi connectivity index (χ3n) is 3.31. The molecule has 7 nitrogen and oxygen atoms in total. The third kappa shape index (κ3) is 1.93. The Morgan fingerprint density at radius 2 is 1.85 bits per heavy atom. The molecule has 2 aliphatic rings. The molecule has 1 heterocycles. The van der Waals surface area contributed by atoms with E-state index in [4.69, 9.17) is 14.2 Å². The van der Waals surface area contributed by atoms with Gasteiger partial charge in [0.05, 0.1) is 6.61 Å². The Bertz CT molecular complexity index is 495. The quantitative estimate of drug-likeness (QED) is 0.596. The SMILES string of the molecule is CCOC(=O)C1=C(O)CCC12C(=O)OC(C)(C)OC2=O. The van der Waals surface area contributed by atoms with Gasteiger partial charge in [0.25, 0.3) is 5.79 Å². The number of aliphatic hydroxyl groups excluding tert-OH is 1. The molecule has 110 valence electrons. The first-order valence-electron chi connectivity index (χ1n) is 6.31. The van der Waals surface area contributed by atoms with Crippen LogP contribution in [-0.2, 0) is 28.6 Å². The third-order valence-corrected chi connectivity index (χ3v) is 3.31. The molecule has 0 aromatic carbocycles. The number of allylic oxidation sites excluding steroid dienone is 1. The average Bonchev–Trinajstić information content (AvgIpc) is 2.65. The van der Waals surface area contributed by atoms with Crippen molar-refractivity contribution in [3.8, 4) is 0 Å². The van der Waals surface area contributed by atoms with Crippen molar-refractivity contribution in [3.63, 3.8) is 0 Å². The van der Waals surface area contributed by atoms with Crippen molar-refractivity contribution in [3.05, 3.63) is 11.3 Å². The number of rotatable bonds is 2. The molecule has 0 radical (unpaired) electrons. The van der Waals surface area contributed by atoms with Crippen molar-refractivity contribution in [2.24, 2.45) is 5.41 Å². The lowest BCUT2D eigenvalue weighted by atomic mass is 9.80. The maximum Gasteiger partial charge on any atom is 0.339 e. The fourth-order valence-corrected chi connectivity index (χ4v) is 2.43. The van der Waals surface area contributed by atoms with Crippen molar-refractivity contribution < 1.29 is 33.7 Å². The molecule has 1 fully saturated rings. The molecular weight excluding hydrogens is 268 g/mol. The minimum atomic E-state index is -1.91. The van der Waals surface area contributed by atoms with Gasteiger partial charge in [-0.05, 0) is 13.3 Å². The highest BCUT2D eigenvalue weighted by atomic mass is 16.7. The maximum absolute atomic E-state index is 12.2. The molecule has 0 unspecified atom stereocenters. The molecule has 7 heteroatoms. The zero-order valence-electron chi connectivity index (χ0n) is 11.5. The van der Waals surface area contributed by atoms with E-state index in [1.54, 1.807) is 6.92 Å². The molecule has 1 saturated heterocycles. The number of hydrogen-bond acceptors (Lipinski definition) is 7. The van der Waals surface area contributed by atoms with Gasteiger partial charge in [0.2, 0.25) is 5.41 Å². The van der Waals surface area contributed by atoms with Crippen LogP contribution in [0.4, 0.5) is 0 Å². The molecule has 0 aromatic rings. The van der Waals surface area contributed by atoms with E-state index < -0.39 is 29.1 Å². The van der Waals surface area contributed by atoms with Gasteiger partial charge in [-0.25, -0.2) is 4.79 Å². The summed E-state index contributed by atoms with van der Waals surface area (Å²) in [5.41, 5.74) is -2.28. The van der Waals surface area contributed by atoms with E-state index in [-0.39, 0.29) is 30.8 Å². The summed E-state index contributed by atoms with van der Waals surface area (Å²) >= 11 is 0. The predicted molar refractivity (Wildman–Crippen MR) is 64.2 cm³/mol. The largest absolute Gasteiger partial charge is 0.512 e. The number of cyclic esters (lactones) is 2. The van der Waals surface area contributed by atoms with Gasteiger partial charge in [-0.3, -0.25) is 9.59 Å². The number of ether oxygens (including phenoxy) is 3. The first-order chi connectivity index (χ1) is 9.24. The van der Waals surface area contributed by atoms with E-state index in [0.29, 0.717) is 0 Å². The van der Waals surface area contributed by atoms with Gasteiger partial charge in [-0.15, -0.1) is 0 Å². The van der Waals surface area contributed by atoms with Gasteiger partial charge in [0, 0.05) is 20.3 Å². The molecule has 1 N–H and O–H groups in total. The van der Waals surface area contributed by atoms with Gasteiger partial charge in [0.1, 0.15) is 11.3 Å². The second kappa shape index (κ2) is 4.50. The molecule has 1 spiro atoms. The van der Waals surface area contributed by atoms with E-state index in [9.17, 15) is 19.5 Å². The van der Waals surface area contributed by atoms with E-state index in [2.05, 4.69) is 0 Å². The van der Waals surface area contributed by atoms with Crippen LogP contribution in [0.25, 0.3) is 0 Å². The molecule has 2 rings (SSSR count). The normalized spacial score (nSPS) is 23.6. The summed E-state index contributed by atoms with van der Waals surface area (Å²) in [6, 6.07) is 0. The van der Waals surface area contributed by atoms with Gasteiger partial charge in [-0.2, -0.15) is 0 Å². The molecule has 0 saturated carbocycles. The van der Waals surface area contributed by atoms with Crippen LogP contribution in [0.5, 0.6) is 0 Å². The van der Waals surface area contributed by atoms with Crippen LogP contribution < -0.4 is 0 Å². The van der Waals surface area contributed by atoms with Crippen LogP contribution in [0.2, 0.25) is 0 Å². The van der Waals surface area contributed by atoms with Crippen LogP contribution in [0.1, 0.15) is 33.6 Å². The fraction of sp³-hybridized carbons (Fsp3) is 0.615. The molecular formula is C13H16O7. The minimum Gasteiger partial charge on any atom is -0.512 e. The van der Waals surface area contributed by atoms with E-state index in [1.165, 1.54) is 13.8 Å². The summed E-state index contributed by atoms with van der Waals surface area (Å²) in [4.78, 5) is 36.4. The zero-order chi connectivity index (χ0) is 15.1. The zero-order valence-corrected chi connectivity index (χ0v) is 11.5. The van der Waals surface area contributed by atoms with Gasteiger partial charge < -0.3 is 19.3 Å². The van der Waals surface area contributed by atoms with Gasteiger partial charge in [0.15, 0.2) is 0 Å². The number of esters is 3. The smallest absolute Gasteiger partial charge is 0.339 e. The summed E-state index contributed by atoms with van der Waals surface area (Å²) in [6.07, 6.45) is -0.0560. The molecule has 1 aliphatic carbocycles. The molecule has 0 aromatic heterocycles. The van der Waals surface area contributed by atoms with Crippen molar-refractivity contribution in [2.45, 2.75) is 39.4 Å². The summed E-state index contributed by atoms with van der Waals surface area (Å²) in [7, 11) is 0. The number of hydrogen-bond donors (Lipinski definition) is 1. The van der Waals surface area contributed by atoms with Crippen LogP contribution in [0.3, 0.4) is 0 Å². The Morgan fingerprint density at radius 3 is 2.35 bits per heavy atom. The summed E-state index contributed by atoms with van der Waals surface area (Å²) in [6.45, 7) is 4.47. The van der Waals surface area contributed by atoms with Crippen LogP contribution in [0.15, 0.2) is 11.3 Å². The van der Waals surface area contributed by atoms with Crippen LogP contribution in [-0.4, -0.2) is 35.4 Å². The maximum atomic E-state index is 12.2. The number of carbonyl (C=O) groups excluding carboxylic acids is 3. The Balaban J connectivity index is 2.46. The highest BCUT2D eigenvalue weighted by molar-refractivity contribution is 6.13. The number of carbonyl (C=O) groups is 3. The van der Waals surface area contributed by atoms with Crippen molar-refractivity contribution >= 4 is 17.9 Å². The number of aliphatic hydroxyl groups is 1. The monoisotopic (exact) mass is 284 g/mol. The summed E-state index contributed by atoms with van der Waals surface area (Å²) < 4.78 is 14.9. The lowest BCUT2D eigenvalue weighted by Crippen LogP contribution is -2.54. The molecule has 20 heavy (non-hydrogen) atoms. The Labute approximate surface area is 115 Å². The predicted octanol–water partition coefficient (Wildman–Crippen LogP) is 0.978. The standard InChI is InChI=1S/C13H16O7/c1-4-18-9(15)8-7(14)5-6-13(8)10(16)19-12(2,3)20-11(13)17/h14H,4-6H2,1-3H3. The molecule has 1 aliphatic heterocycles. The van der Waals surface area contributed by atoms with Crippen molar-refractivity contribution in [1.29, 1.82) is 0 Å². The fourth-order valence-electron chi connectivity index (χ4n) is 2.43. The molecule has 0 bridgehead atoms.